The molecule has 2 aliphatic heterocycles. The minimum absolute atomic E-state index is 0.0560. The number of nitrogens with zero attached hydrogens (tertiary/aromatic N) is 2. The lowest BCUT2D eigenvalue weighted by atomic mass is 9.77. The Balaban J connectivity index is 1.29. The molecule has 3 atom stereocenters. The summed E-state index contributed by atoms with van der Waals surface area (Å²) in [5, 5.41) is 2.61. The van der Waals surface area contributed by atoms with Gasteiger partial charge in [0.25, 0.3) is 11.8 Å². The summed E-state index contributed by atoms with van der Waals surface area (Å²) in [6.07, 6.45) is 4.07. The second-order valence-corrected chi connectivity index (χ2v) is 12.6. The number of carbonyl (C=O) groups excluding carboxylic acids is 5. The average molecular weight is 652 g/mol. The van der Waals surface area contributed by atoms with Gasteiger partial charge in [-0.3, -0.25) is 28.9 Å². The zero-order valence-electron chi connectivity index (χ0n) is 27.2. The monoisotopic (exact) mass is 651 g/mol. The summed E-state index contributed by atoms with van der Waals surface area (Å²) in [7, 11) is 1.59. The highest BCUT2D eigenvalue weighted by Crippen LogP contribution is 2.42. The Morgan fingerprint density at radius 2 is 1.54 bits per heavy atom. The minimum atomic E-state index is -0.693. The van der Waals surface area contributed by atoms with Gasteiger partial charge < -0.3 is 19.7 Å². The van der Waals surface area contributed by atoms with Crippen molar-refractivity contribution in [1.29, 1.82) is 0 Å². The Morgan fingerprint density at radius 1 is 0.854 bits per heavy atom. The SMILES string of the molecule is CNC(=O)CCCOc1cccc2c1[C@@H](CN1C(=O)c3ccccc3C1=O)N(C(=O)[C@@H]1CCCC[C@@H]1C(=O)OCc1ccccc1)CC2. The van der Waals surface area contributed by atoms with Crippen molar-refractivity contribution in [3.8, 4) is 5.75 Å². The topological polar surface area (TPSA) is 122 Å². The first-order valence-corrected chi connectivity index (χ1v) is 16.8. The van der Waals surface area contributed by atoms with E-state index in [0.29, 0.717) is 55.5 Å². The van der Waals surface area contributed by atoms with Crippen molar-refractivity contribution in [3.05, 3.63) is 101 Å². The van der Waals surface area contributed by atoms with Gasteiger partial charge >= 0.3 is 5.97 Å². The zero-order valence-corrected chi connectivity index (χ0v) is 27.2. The number of esters is 1. The van der Waals surface area contributed by atoms with Crippen LogP contribution in [0.2, 0.25) is 0 Å². The molecule has 1 aliphatic carbocycles. The number of carbonyl (C=O) groups is 5. The lowest BCUT2D eigenvalue weighted by Gasteiger charge is -2.42. The van der Waals surface area contributed by atoms with Gasteiger partial charge in [0, 0.05) is 25.6 Å². The molecule has 10 nitrogen and oxygen atoms in total. The van der Waals surface area contributed by atoms with Crippen LogP contribution in [0.25, 0.3) is 0 Å². The smallest absolute Gasteiger partial charge is 0.310 e. The number of hydrogen-bond acceptors (Lipinski definition) is 7. The maximum absolute atomic E-state index is 14.6. The van der Waals surface area contributed by atoms with Gasteiger partial charge in [-0.2, -0.15) is 0 Å². The van der Waals surface area contributed by atoms with Crippen LogP contribution < -0.4 is 10.1 Å². The van der Waals surface area contributed by atoms with Gasteiger partial charge in [0.2, 0.25) is 11.8 Å². The van der Waals surface area contributed by atoms with E-state index >= 15 is 0 Å². The van der Waals surface area contributed by atoms with Crippen molar-refractivity contribution in [2.24, 2.45) is 11.8 Å². The number of amides is 4. The maximum atomic E-state index is 14.6. The lowest BCUT2D eigenvalue weighted by Crippen LogP contribution is -2.50. The molecule has 1 saturated carbocycles. The molecule has 6 rings (SSSR count). The highest BCUT2D eigenvalue weighted by molar-refractivity contribution is 6.21. The van der Waals surface area contributed by atoms with E-state index in [9.17, 15) is 24.0 Å². The molecule has 3 aromatic rings. The zero-order chi connectivity index (χ0) is 33.6. The molecule has 0 aromatic heterocycles. The Kier molecular flexibility index (Phi) is 10.2. The molecule has 3 aliphatic rings. The fraction of sp³-hybridized carbons (Fsp3) is 0.395. The number of ether oxygens (including phenoxy) is 2. The molecular formula is C38H41N3O7. The first-order valence-electron chi connectivity index (χ1n) is 16.8. The van der Waals surface area contributed by atoms with E-state index in [1.54, 1.807) is 36.2 Å². The van der Waals surface area contributed by atoms with E-state index in [-0.39, 0.29) is 37.5 Å². The fourth-order valence-corrected chi connectivity index (χ4v) is 7.19. The van der Waals surface area contributed by atoms with Gasteiger partial charge in [-0.25, -0.2) is 0 Å². The second kappa shape index (κ2) is 14.8. The molecule has 1 fully saturated rings. The first kappa shape index (κ1) is 32.9. The summed E-state index contributed by atoms with van der Waals surface area (Å²) < 4.78 is 12.0. The fourth-order valence-electron chi connectivity index (χ4n) is 7.19. The van der Waals surface area contributed by atoms with Crippen LogP contribution in [0.3, 0.4) is 0 Å². The predicted octanol–water partition coefficient (Wildman–Crippen LogP) is 4.86. The van der Waals surface area contributed by atoms with Crippen molar-refractivity contribution in [1.82, 2.24) is 15.1 Å². The number of fused-ring (bicyclic) bond motifs is 2. The Labute approximate surface area is 280 Å². The molecule has 0 radical (unpaired) electrons. The van der Waals surface area contributed by atoms with Crippen LogP contribution in [0.5, 0.6) is 5.75 Å². The van der Waals surface area contributed by atoms with E-state index in [1.165, 1.54) is 4.90 Å². The molecular weight excluding hydrogens is 610 g/mol. The van der Waals surface area contributed by atoms with Crippen LogP contribution in [-0.4, -0.2) is 66.1 Å². The molecule has 3 aromatic carbocycles. The Hall–Kier alpha value is -4.99. The van der Waals surface area contributed by atoms with Gasteiger partial charge in [-0.15, -0.1) is 0 Å². The molecule has 1 N–H and O–H groups in total. The first-order chi connectivity index (χ1) is 23.4. The summed E-state index contributed by atoms with van der Waals surface area (Å²) in [6, 6.07) is 21.2. The van der Waals surface area contributed by atoms with Gasteiger partial charge in [-0.05, 0) is 55.0 Å². The average Bonchev–Trinajstić information content (AvgIpc) is 3.37. The van der Waals surface area contributed by atoms with E-state index in [2.05, 4.69) is 5.32 Å². The number of nitrogens with one attached hydrogen (secondary N) is 1. The third kappa shape index (κ3) is 6.83. The summed E-state index contributed by atoms with van der Waals surface area (Å²) in [4.78, 5) is 70.0. The van der Waals surface area contributed by atoms with Gasteiger partial charge in [-0.1, -0.05) is 67.4 Å². The standard InChI is InChI=1S/C38H41N3O7/c1-39-33(42)19-10-22-47-32-18-9-13-26-20-21-40(31(34(26)32)23-41-36(44)27-14-5-6-15-28(27)37(41)45)35(43)29-16-7-8-17-30(29)38(46)48-24-25-11-3-2-4-12-25/h2-6,9,11-15,18,29-31H,7-8,10,16-17,19-24H2,1H3,(H,39,42)/t29-,30+,31-/m1/s1. The summed E-state index contributed by atoms with van der Waals surface area (Å²) in [5.41, 5.74) is 3.26. The number of hydrogen-bond donors (Lipinski definition) is 1. The van der Waals surface area contributed by atoms with Crippen LogP contribution in [0.1, 0.15) is 82.0 Å². The summed E-state index contributed by atoms with van der Waals surface area (Å²) in [5.74, 6) is -2.09. The molecule has 0 bridgehead atoms. The van der Waals surface area contributed by atoms with Crippen LogP contribution in [0.4, 0.5) is 0 Å². The minimum Gasteiger partial charge on any atom is -0.493 e. The van der Waals surface area contributed by atoms with Crippen LogP contribution >= 0.6 is 0 Å². The third-order valence-corrected chi connectivity index (χ3v) is 9.70. The van der Waals surface area contributed by atoms with Gasteiger partial charge in [0.05, 0.1) is 42.2 Å². The summed E-state index contributed by atoms with van der Waals surface area (Å²) >= 11 is 0. The molecule has 0 saturated heterocycles. The molecule has 0 spiro atoms. The largest absolute Gasteiger partial charge is 0.493 e. The molecule has 0 unspecified atom stereocenters. The Morgan fingerprint density at radius 3 is 2.25 bits per heavy atom. The third-order valence-electron chi connectivity index (χ3n) is 9.70. The van der Waals surface area contributed by atoms with Crippen LogP contribution in [-0.2, 0) is 32.1 Å². The van der Waals surface area contributed by atoms with Gasteiger partial charge in [0.15, 0.2) is 0 Å². The van der Waals surface area contributed by atoms with Gasteiger partial charge in [0.1, 0.15) is 12.4 Å². The second-order valence-electron chi connectivity index (χ2n) is 12.6. The quantitative estimate of drug-likeness (QED) is 0.179. The maximum Gasteiger partial charge on any atom is 0.310 e. The van der Waals surface area contributed by atoms with Crippen molar-refractivity contribution in [2.45, 2.75) is 57.6 Å². The number of imide groups is 1. The van der Waals surface area contributed by atoms with Crippen molar-refractivity contribution >= 4 is 29.6 Å². The van der Waals surface area contributed by atoms with E-state index in [1.807, 2.05) is 48.5 Å². The lowest BCUT2D eigenvalue weighted by molar-refractivity contribution is -0.159. The van der Waals surface area contributed by atoms with Crippen molar-refractivity contribution in [3.63, 3.8) is 0 Å². The molecule has 4 amide bonds. The molecule has 48 heavy (non-hydrogen) atoms. The van der Waals surface area contributed by atoms with Crippen LogP contribution in [0, 0.1) is 11.8 Å². The van der Waals surface area contributed by atoms with Crippen molar-refractivity contribution < 1.29 is 33.4 Å². The number of benzene rings is 3. The molecule has 2 heterocycles. The molecule has 10 heteroatoms. The van der Waals surface area contributed by atoms with E-state index < -0.39 is 29.7 Å². The highest BCUT2D eigenvalue weighted by Gasteiger charge is 2.45. The number of rotatable bonds is 11. The van der Waals surface area contributed by atoms with E-state index in [4.69, 9.17) is 9.47 Å². The highest BCUT2D eigenvalue weighted by atomic mass is 16.5. The predicted molar refractivity (Wildman–Crippen MR) is 177 cm³/mol. The van der Waals surface area contributed by atoms with Crippen LogP contribution in [0.15, 0.2) is 72.8 Å². The van der Waals surface area contributed by atoms with Crippen molar-refractivity contribution in [2.75, 3.05) is 26.7 Å². The summed E-state index contributed by atoms with van der Waals surface area (Å²) in [6.45, 7) is 0.717. The Bertz CT molecular complexity index is 1660. The molecule has 250 valence electrons. The normalized spacial score (nSPS) is 20.1. The van der Waals surface area contributed by atoms with E-state index in [0.717, 1.165) is 29.5 Å².